The summed E-state index contributed by atoms with van der Waals surface area (Å²) in [6.07, 6.45) is 3.78. The zero-order valence-electron chi connectivity index (χ0n) is 12.9. The quantitative estimate of drug-likeness (QED) is 0.813. The molecule has 112 valence electrons. The van der Waals surface area contributed by atoms with Gasteiger partial charge in [-0.1, -0.05) is 32.9 Å². The van der Waals surface area contributed by atoms with Crippen LogP contribution in [-0.4, -0.2) is 21.7 Å². The topological polar surface area (TPSA) is 62.7 Å². The summed E-state index contributed by atoms with van der Waals surface area (Å²) in [7, 11) is 0. The van der Waals surface area contributed by atoms with Gasteiger partial charge in [0.15, 0.2) is 5.82 Å². The van der Waals surface area contributed by atoms with E-state index in [9.17, 15) is 0 Å². The Hall–Kier alpha value is -2.17. The van der Waals surface area contributed by atoms with Gasteiger partial charge in [0, 0.05) is 12.2 Å². The number of aromatic nitrogens is 3. The third-order valence-electron chi connectivity index (χ3n) is 3.20. The van der Waals surface area contributed by atoms with Crippen LogP contribution in [0.2, 0.25) is 0 Å². The number of nitrogens with one attached hydrogen (secondary N) is 2. The van der Waals surface area contributed by atoms with E-state index < -0.39 is 0 Å². The Bertz CT molecular complexity index is 551. The molecular weight excluding hydrogens is 262 g/mol. The molecule has 0 unspecified atom stereocenters. The number of hydrogen-bond donors (Lipinski definition) is 2. The highest BCUT2D eigenvalue weighted by Crippen LogP contribution is 2.14. The lowest BCUT2D eigenvalue weighted by Crippen LogP contribution is -2.08. The molecular formula is C16H23N5. The SMILES string of the molecule is CCc1ccc(Nc2nncc(NCCC(C)C)n2)cc1. The predicted molar refractivity (Wildman–Crippen MR) is 86.9 cm³/mol. The van der Waals surface area contributed by atoms with E-state index in [1.54, 1.807) is 6.20 Å². The molecule has 0 atom stereocenters. The van der Waals surface area contributed by atoms with Crippen molar-refractivity contribution in [2.24, 2.45) is 5.92 Å². The van der Waals surface area contributed by atoms with E-state index in [-0.39, 0.29) is 0 Å². The van der Waals surface area contributed by atoms with Gasteiger partial charge in [-0.3, -0.25) is 0 Å². The summed E-state index contributed by atoms with van der Waals surface area (Å²) < 4.78 is 0. The van der Waals surface area contributed by atoms with Gasteiger partial charge in [-0.2, -0.15) is 10.1 Å². The van der Waals surface area contributed by atoms with Gasteiger partial charge >= 0.3 is 0 Å². The molecule has 0 bridgehead atoms. The van der Waals surface area contributed by atoms with Gasteiger partial charge in [-0.25, -0.2) is 0 Å². The Morgan fingerprint density at radius 2 is 1.90 bits per heavy atom. The third kappa shape index (κ3) is 5.02. The summed E-state index contributed by atoms with van der Waals surface area (Å²) in [4.78, 5) is 4.41. The fraction of sp³-hybridized carbons (Fsp3) is 0.438. The van der Waals surface area contributed by atoms with Gasteiger partial charge in [-0.15, -0.1) is 5.10 Å². The van der Waals surface area contributed by atoms with Crippen LogP contribution >= 0.6 is 0 Å². The van der Waals surface area contributed by atoms with Crippen LogP contribution in [0, 0.1) is 5.92 Å². The van der Waals surface area contributed by atoms with Crippen molar-refractivity contribution in [3.05, 3.63) is 36.0 Å². The highest BCUT2D eigenvalue weighted by atomic mass is 15.3. The minimum Gasteiger partial charge on any atom is -0.369 e. The van der Waals surface area contributed by atoms with Gasteiger partial charge in [0.05, 0.1) is 6.20 Å². The van der Waals surface area contributed by atoms with E-state index >= 15 is 0 Å². The lowest BCUT2D eigenvalue weighted by atomic mass is 10.1. The molecule has 5 heteroatoms. The van der Waals surface area contributed by atoms with Crippen molar-refractivity contribution in [2.75, 3.05) is 17.2 Å². The minimum atomic E-state index is 0.508. The Labute approximate surface area is 126 Å². The molecule has 0 amide bonds. The highest BCUT2D eigenvalue weighted by molar-refractivity contribution is 5.54. The maximum atomic E-state index is 4.41. The van der Waals surface area contributed by atoms with E-state index in [1.165, 1.54) is 5.56 Å². The van der Waals surface area contributed by atoms with E-state index in [1.807, 2.05) is 12.1 Å². The van der Waals surface area contributed by atoms with E-state index in [0.29, 0.717) is 11.9 Å². The van der Waals surface area contributed by atoms with Crippen LogP contribution in [0.3, 0.4) is 0 Å². The Morgan fingerprint density at radius 1 is 1.14 bits per heavy atom. The average Bonchev–Trinajstić information content (AvgIpc) is 2.48. The van der Waals surface area contributed by atoms with E-state index in [2.05, 4.69) is 58.7 Å². The molecule has 0 saturated heterocycles. The molecule has 1 aromatic heterocycles. The lowest BCUT2D eigenvalue weighted by Gasteiger charge is -2.09. The standard InChI is InChI=1S/C16H23N5/c1-4-13-5-7-14(8-6-13)19-16-20-15(11-18-21-16)17-10-9-12(2)3/h5-8,11-12H,4,9-10H2,1-3H3,(H2,17,19,20,21). The monoisotopic (exact) mass is 285 g/mol. The molecule has 0 radical (unpaired) electrons. The smallest absolute Gasteiger partial charge is 0.249 e. The molecule has 0 saturated carbocycles. The lowest BCUT2D eigenvalue weighted by molar-refractivity contribution is 0.606. The highest BCUT2D eigenvalue weighted by Gasteiger charge is 2.02. The second-order valence-electron chi connectivity index (χ2n) is 5.45. The van der Waals surface area contributed by atoms with Crippen LogP contribution in [-0.2, 0) is 6.42 Å². The normalized spacial score (nSPS) is 10.7. The average molecular weight is 285 g/mol. The number of benzene rings is 1. The zero-order chi connectivity index (χ0) is 15.1. The Morgan fingerprint density at radius 3 is 2.57 bits per heavy atom. The molecule has 2 N–H and O–H groups in total. The van der Waals surface area contributed by atoms with Gasteiger partial charge in [0.1, 0.15) is 0 Å². The van der Waals surface area contributed by atoms with Crippen molar-refractivity contribution < 1.29 is 0 Å². The number of rotatable bonds is 7. The summed E-state index contributed by atoms with van der Waals surface area (Å²) in [5, 5.41) is 14.4. The molecule has 5 nitrogen and oxygen atoms in total. The van der Waals surface area contributed by atoms with E-state index in [0.717, 1.165) is 30.9 Å². The summed E-state index contributed by atoms with van der Waals surface area (Å²) in [5.41, 5.74) is 2.28. The molecule has 2 aromatic rings. The first-order valence-electron chi connectivity index (χ1n) is 7.47. The maximum Gasteiger partial charge on any atom is 0.249 e. The van der Waals surface area contributed by atoms with Crippen molar-refractivity contribution in [3.63, 3.8) is 0 Å². The summed E-state index contributed by atoms with van der Waals surface area (Å²) in [6.45, 7) is 7.43. The fourth-order valence-corrected chi connectivity index (χ4v) is 1.88. The van der Waals surface area contributed by atoms with Crippen molar-refractivity contribution in [2.45, 2.75) is 33.6 Å². The molecule has 1 aromatic carbocycles. The van der Waals surface area contributed by atoms with Crippen molar-refractivity contribution >= 4 is 17.5 Å². The summed E-state index contributed by atoms with van der Waals surface area (Å²) >= 11 is 0. The Kier molecular flexibility index (Phi) is 5.49. The van der Waals surface area contributed by atoms with Gasteiger partial charge < -0.3 is 10.6 Å². The number of hydrogen-bond acceptors (Lipinski definition) is 5. The third-order valence-corrected chi connectivity index (χ3v) is 3.20. The van der Waals surface area contributed by atoms with Gasteiger partial charge in [0.25, 0.3) is 0 Å². The fourth-order valence-electron chi connectivity index (χ4n) is 1.88. The first-order valence-corrected chi connectivity index (χ1v) is 7.47. The van der Waals surface area contributed by atoms with Crippen molar-refractivity contribution in [3.8, 4) is 0 Å². The molecule has 2 rings (SSSR count). The van der Waals surface area contributed by atoms with Gasteiger partial charge in [0.2, 0.25) is 5.95 Å². The van der Waals surface area contributed by atoms with Crippen LogP contribution in [0.25, 0.3) is 0 Å². The van der Waals surface area contributed by atoms with E-state index in [4.69, 9.17) is 0 Å². The Balaban J connectivity index is 1.96. The first kappa shape index (κ1) is 15.2. The second kappa shape index (κ2) is 7.57. The minimum absolute atomic E-state index is 0.508. The second-order valence-corrected chi connectivity index (χ2v) is 5.45. The van der Waals surface area contributed by atoms with Gasteiger partial charge in [-0.05, 0) is 36.5 Å². The largest absolute Gasteiger partial charge is 0.369 e. The molecule has 21 heavy (non-hydrogen) atoms. The predicted octanol–water partition coefficient (Wildman–Crippen LogP) is 3.64. The number of nitrogens with zero attached hydrogens (tertiary/aromatic N) is 3. The van der Waals surface area contributed by atoms with Crippen molar-refractivity contribution in [1.82, 2.24) is 15.2 Å². The number of anilines is 3. The summed E-state index contributed by atoms with van der Waals surface area (Å²) in [5.74, 6) is 1.93. The maximum absolute atomic E-state index is 4.41. The van der Waals surface area contributed by atoms with Crippen LogP contribution in [0.4, 0.5) is 17.5 Å². The molecule has 0 aliphatic rings. The van der Waals surface area contributed by atoms with Crippen LogP contribution in [0.15, 0.2) is 30.5 Å². The van der Waals surface area contributed by atoms with Crippen LogP contribution in [0.1, 0.15) is 32.8 Å². The first-order chi connectivity index (χ1) is 10.2. The van der Waals surface area contributed by atoms with Crippen molar-refractivity contribution in [1.29, 1.82) is 0 Å². The molecule has 0 aliphatic heterocycles. The molecule has 1 heterocycles. The molecule has 0 spiro atoms. The van der Waals surface area contributed by atoms with Crippen LogP contribution in [0.5, 0.6) is 0 Å². The molecule has 0 aliphatic carbocycles. The van der Waals surface area contributed by atoms with Crippen LogP contribution < -0.4 is 10.6 Å². The zero-order valence-corrected chi connectivity index (χ0v) is 12.9. The summed E-state index contributed by atoms with van der Waals surface area (Å²) in [6, 6.07) is 8.25. The number of aryl methyl sites for hydroxylation is 1. The molecule has 0 fully saturated rings.